The molecule has 0 aromatic heterocycles. The third-order valence-electron chi connectivity index (χ3n) is 5.42. The normalized spacial score (nSPS) is 15.5. The van der Waals surface area contributed by atoms with Gasteiger partial charge in [-0.25, -0.2) is 4.79 Å². The number of fused-ring (bicyclic) bond motifs is 1. The number of carboxylic acid groups (broad SMARTS) is 1. The van der Waals surface area contributed by atoms with Gasteiger partial charge in [-0.05, 0) is 46.9 Å². The van der Waals surface area contributed by atoms with Gasteiger partial charge in [0.1, 0.15) is 6.61 Å². The van der Waals surface area contributed by atoms with E-state index in [-0.39, 0.29) is 11.6 Å². The van der Waals surface area contributed by atoms with E-state index in [1.165, 1.54) is 5.56 Å². The minimum atomic E-state index is -0.931. The number of carbonyl (C=O) groups is 1. The summed E-state index contributed by atoms with van der Waals surface area (Å²) in [4.78, 5) is 11.5. The quantitative estimate of drug-likeness (QED) is 0.576. The third-order valence-corrected chi connectivity index (χ3v) is 5.42. The van der Waals surface area contributed by atoms with Crippen molar-refractivity contribution in [1.29, 1.82) is 0 Å². The number of carboxylic acids is 1. The summed E-state index contributed by atoms with van der Waals surface area (Å²) in [5, 5.41) is 12.9. The SMILES string of the molecule is COc1cc2c(cc1OCc1ccccc1)CCNC2/C=C/c1ccccc1C(=O)O. The van der Waals surface area contributed by atoms with E-state index < -0.39 is 5.97 Å². The number of methoxy groups -OCH3 is 1. The van der Waals surface area contributed by atoms with Crippen LogP contribution >= 0.6 is 0 Å². The van der Waals surface area contributed by atoms with E-state index in [9.17, 15) is 9.90 Å². The van der Waals surface area contributed by atoms with E-state index in [1.54, 1.807) is 19.2 Å². The Hall–Kier alpha value is -3.57. The fourth-order valence-electron chi connectivity index (χ4n) is 3.81. The van der Waals surface area contributed by atoms with Crippen molar-refractivity contribution in [1.82, 2.24) is 5.32 Å². The summed E-state index contributed by atoms with van der Waals surface area (Å²) in [6, 6.07) is 21.1. The van der Waals surface area contributed by atoms with Crippen LogP contribution in [0.5, 0.6) is 11.5 Å². The van der Waals surface area contributed by atoms with Crippen molar-refractivity contribution in [2.24, 2.45) is 0 Å². The van der Waals surface area contributed by atoms with Gasteiger partial charge in [-0.2, -0.15) is 0 Å². The van der Waals surface area contributed by atoms with Crippen molar-refractivity contribution in [3.63, 3.8) is 0 Å². The van der Waals surface area contributed by atoms with Gasteiger partial charge in [0.25, 0.3) is 0 Å². The third kappa shape index (κ3) is 4.78. The highest BCUT2D eigenvalue weighted by atomic mass is 16.5. The van der Waals surface area contributed by atoms with Crippen LogP contribution < -0.4 is 14.8 Å². The molecule has 2 N–H and O–H groups in total. The van der Waals surface area contributed by atoms with Crippen molar-refractivity contribution in [3.05, 3.63) is 101 Å². The summed E-state index contributed by atoms with van der Waals surface area (Å²) in [6.07, 6.45) is 4.75. The molecule has 1 atom stereocenters. The lowest BCUT2D eigenvalue weighted by Crippen LogP contribution is -2.28. The van der Waals surface area contributed by atoms with Crippen LogP contribution in [0.15, 0.2) is 72.8 Å². The minimum Gasteiger partial charge on any atom is -0.493 e. The molecule has 3 aromatic rings. The summed E-state index contributed by atoms with van der Waals surface area (Å²) < 4.78 is 11.7. The molecule has 1 aliphatic heterocycles. The number of hydrogen-bond donors (Lipinski definition) is 2. The van der Waals surface area contributed by atoms with Crippen molar-refractivity contribution in [3.8, 4) is 11.5 Å². The molecular formula is C26H25NO4. The van der Waals surface area contributed by atoms with Crippen molar-refractivity contribution < 1.29 is 19.4 Å². The maximum atomic E-state index is 11.5. The summed E-state index contributed by atoms with van der Waals surface area (Å²) in [5.74, 6) is 0.479. The Morgan fingerprint density at radius 1 is 1.10 bits per heavy atom. The lowest BCUT2D eigenvalue weighted by atomic mass is 9.92. The molecule has 0 spiro atoms. The Balaban J connectivity index is 1.59. The standard InChI is InChI=1S/C26H25NO4/c1-30-24-16-22-20(15-25(24)31-17-18-7-3-2-4-8-18)13-14-27-23(22)12-11-19-9-5-6-10-21(19)26(28)29/h2-12,15-16,23,27H,13-14,17H2,1H3,(H,28,29)/b12-11+. The molecule has 3 aromatic carbocycles. The van der Waals surface area contributed by atoms with Crippen molar-refractivity contribution in [2.75, 3.05) is 13.7 Å². The van der Waals surface area contributed by atoms with Crippen molar-refractivity contribution in [2.45, 2.75) is 19.1 Å². The summed E-state index contributed by atoms with van der Waals surface area (Å²) in [5.41, 5.74) is 4.38. The van der Waals surface area contributed by atoms with Gasteiger partial charge in [0, 0.05) is 6.54 Å². The number of rotatable bonds is 7. The molecule has 4 rings (SSSR count). The molecule has 1 aliphatic rings. The Morgan fingerprint density at radius 2 is 1.87 bits per heavy atom. The number of hydrogen-bond acceptors (Lipinski definition) is 4. The second-order valence-electron chi connectivity index (χ2n) is 7.41. The lowest BCUT2D eigenvalue weighted by Gasteiger charge is -2.26. The monoisotopic (exact) mass is 415 g/mol. The van der Waals surface area contributed by atoms with Gasteiger partial charge >= 0.3 is 5.97 Å². The molecule has 0 bridgehead atoms. The van der Waals surface area contributed by atoms with Gasteiger partial charge in [0.2, 0.25) is 0 Å². The molecule has 31 heavy (non-hydrogen) atoms. The zero-order valence-electron chi connectivity index (χ0n) is 17.4. The first-order valence-corrected chi connectivity index (χ1v) is 10.3. The maximum absolute atomic E-state index is 11.5. The van der Waals surface area contributed by atoms with Crippen molar-refractivity contribution >= 4 is 12.0 Å². The summed E-state index contributed by atoms with van der Waals surface area (Å²) >= 11 is 0. The topological polar surface area (TPSA) is 67.8 Å². The van der Waals surface area contributed by atoms with Crippen LogP contribution in [0.25, 0.3) is 6.08 Å². The maximum Gasteiger partial charge on any atom is 0.336 e. The van der Waals surface area contributed by atoms with Gasteiger partial charge in [0.05, 0.1) is 18.7 Å². The number of ether oxygens (including phenoxy) is 2. The lowest BCUT2D eigenvalue weighted by molar-refractivity contribution is 0.0696. The summed E-state index contributed by atoms with van der Waals surface area (Å²) in [6.45, 7) is 1.30. The molecule has 5 heteroatoms. The second-order valence-corrected chi connectivity index (χ2v) is 7.41. The first-order valence-electron chi connectivity index (χ1n) is 10.3. The van der Waals surface area contributed by atoms with E-state index in [0.29, 0.717) is 17.9 Å². The fraction of sp³-hybridized carbons (Fsp3) is 0.192. The van der Waals surface area contributed by atoms with Crippen LogP contribution in [0.4, 0.5) is 0 Å². The van der Waals surface area contributed by atoms with Gasteiger partial charge in [-0.1, -0.05) is 60.7 Å². The first kappa shape index (κ1) is 20.7. The average molecular weight is 415 g/mol. The zero-order valence-corrected chi connectivity index (χ0v) is 17.4. The smallest absolute Gasteiger partial charge is 0.336 e. The van der Waals surface area contributed by atoms with Crippen LogP contribution in [-0.4, -0.2) is 24.7 Å². The molecular weight excluding hydrogens is 390 g/mol. The Bertz CT molecular complexity index is 1090. The Kier molecular flexibility index (Phi) is 6.34. The molecule has 1 heterocycles. The van der Waals surface area contributed by atoms with Crippen LogP contribution in [-0.2, 0) is 13.0 Å². The Labute approximate surface area is 182 Å². The van der Waals surface area contributed by atoms with Crippen LogP contribution in [0, 0.1) is 0 Å². The van der Waals surface area contributed by atoms with Crippen LogP contribution in [0.3, 0.4) is 0 Å². The average Bonchev–Trinajstić information content (AvgIpc) is 2.81. The summed E-state index contributed by atoms with van der Waals surface area (Å²) in [7, 11) is 1.64. The molecule has 5 nitrogen and oxygen atoms in total. The second kappa shape index (κ2) is 9.49. The molecule has 0 saturated carbocycles. The minimum absolute atomic E-state index is 0.0392. The highest BCUT2D eigenvalue weighted by Crippen LogP contribution is 2.36. The molecule has 0 saturated heterocycles. The molecule has 0 amide bonds. The van der Waals surface area contributed by atoms with Crippen LogP contribution in [0.2, 0.25) is 0 Å². The van der Waals surface area contributed by atoms with E-state index in [0.717, 1.165) is 29.8 Å². The predicted molar refractivity (Wildman–Crippen MR) is 121 cm³/mol. The first-order chi connectivity index (χ1) is 15.2. The fourth-order valence-corrected chi connectivity index (χ4v) is 3.81. The Morgan fingerprint density at radius 3 is 2.65 bits per heavy atom. The highest BCUT2D eigenvalue weighted by Gasteiger charge is 2.21. The molecule has 1 unspecified atom stereocenters. The predicted octanol–water partition coefficient (Wildman–Crippen LogP) is 4.87. The zero-order chi connectivity index (χ0) is 21.6. The molecule has 0 radical (unpaired) electrons. The van der Waals surface area contributed by atoms with Gasteiger partial charge < -0.3 is 19.9 Å². The molecule has 158 valence electrons. The number of benzene rings is 3. The molecule has 0 aliphatic carbocycles. The molecule has 0 fully saturated rings. The van der Waals surface area contributed by atoms with Gasteiger partial charge in [-0.3, -0.25) is 0 Å². The largest absolute Gasteiger partial charge is 0.493 e. The van der Waals surface area contributed by atoms with Gasteiger partial charge in [-0.15, -0.1) is 0 Å². The van der Waals surface area contributed by atoms with Crippen LogP contribution in [0.1, 0.15) is 38.7 Å². The van der Waals surface area contributed by atoms with Gasteiger partial charge in [0.15, 0.2) is 11.5 Å². The van der Waals surface area contributed by atoms with E-state index >= 15 is 0 Å². The van der Waals surface area contributed by atoms with E-state index in [2.05, 4.69) is 11.4 Å². The van der Waals surface area contributed by atoms with E-state index in [4.69, 9.17) is 9.47 Å². The number of nitrogens with one attached hydrogen (secondary N) is 1. The van der Waals surface area contributed by atoms with E-state index in [1.807, 2.05) is 60.7 Å². The highest BCUT2D eigenvalue weighted by molar-refractivity contribution is 5.92. The number of aromatic carboxylic acids is 1.